The van der Waals surface area contributed by atoms with Crippen molar-refractivity contribution in [2.45, 2.75) is 44.6 Å². The summed E-state index contributed by atoms with van der Waals surface area (Å²) in [5, 5.41) is 15.7. The van der Waals surface area contributed by atoms with Crippen LogP contribution in [-0.2, 0) is 0 Å². The lowest BCUT2D eigenvalue weighted by atomic mass is 10.1. The second-order valence-corrected chi connectivity index (χ2v) is 5.11. The molecular formula is C15H22N4. The Morgan fingerprint density at radius 2 is 2.00 bits per heavy atom. The summed E-state index contributed by atoms with van der Waals surface area (Å²) in [5.74, 6) is 0. The van der Waals surface area contributed by atoms with Crippen LogP contribution in [0.15, 0.2) is 18.3 Å². The number of nitrogens with one attached hydrogen (secondary N) is 2. The minimum Gasteiger partial charge on any atom is -0.384 e. The zero-order valence-corrected chi connectivity index (χ0v) is 11.4. The average Bonchev–Trinajstić information content (AvgIpc) is 2.72. The SMILES string of the molecule is N#Cc1cc(NCCNC2CCCCCC2)ccn1. The molecule has 4 heteroatoms. The van der Waals surface area contributed by atoms with Crippen LogP contribution in [-0.4, -0.2) is 24.1 Å². The van der Waals surface area contributed by atoms with Gasteiger partial charge in [0.25, 0.3) is 0 Å². The normalized spacial score (nSPS) is 16.6. The smallest absolute Gasteiger partial charge is 0.142 e. The predicted molar refractivity (Wildman–Crippen MR) is 76.9 cm³/mol. The molecule has 1 aliphatic carbocycles. The van der Waals surface area contributed by atoms with E-state index < -0.39 is 0 Å². The zero-order valence-electron chi connectivity index (χ0n) is 11.4. The molecule has 0 saturated heterocycles. The van der Waals surface area contributed by atoms with E-state index in [1.165, 1.54) is 38.5 Å². The molecule has 1 aromatic rings. The molecule has 1 aliphatic rings. The standard InChI is InChI=1S/C15H22N4/c16-12-15-11-14(7-8-17-15)19-10-9-18-13-5-3-1-2-4-6-13/h7-8,11,13,18H,1-6,9-10H2,(H,17,19). The Hall–Kier alpha value is -1.60. The number of anilines is 1. The van der Waals surface area contributed by atoms with Crippen molar-refractivity contribution in [2.75, 3.05) is 18.4 Å². The molecule has 1 aromatic heterocycles. The van der Waals surface area contributed by atoms with E-state index in [0.717, 1.165) is 18.8 Å². The largest absolute Gasteiger partial charge is 0.384 e. The molecule has 0 radical (unpaired) electrons. The number of nitriles is 1. The Morgan fingerprint density at radius 3 is 2.74 bits per heavy atom. The van der Waals surface area contributed by atoms with Crippen LogP contribution in [0.3, 0.4) is 0 Å². The molecule has 4 nitrogen and oxygen atoms in total. The highest BCUT2D eigenvalue weighted by Gasteiger charge is 2.10. The van der Waals surface area contributed by atoms with Gasteiger partial charge in [-0.05, 0) is 25.0 Å². The number of rotatable bonds is 5. The monoisotopic (exact) mass is 258 g/mol. The van der Waals surface area contributed by atoms with Gasteiger partial charge in [-0.2, -0.15) is 5.26 Å². The van der Waals surface area contributed by atoms with Gasteiger partial charge in [-0.25, -0.2) is 4.98 Å². The van der Waals surface area contributed by atoms with Gasteiger partial charge < -0.3 is 10.6 Å². The Bertz CT molecular complexity index is 416. The van der Waals surface area contributed by atoms with Crippen LogP contribution >= 0.6 is 0 Å². The van der Waals surface area contributed by atoms with Crippen molar-refractivity contribution in [3.8, 4) is 6.07 Å². The van der Waals surface area contributed by atoms with E-state index in [1.54, 1.807) is 12.3 Å². The van der Waals surface area contributed by atoms with E-state index >= 15 is 0 Å². The van der Waals surface area contributed by atoms with Gasteiger partial charge in [-0.3, -0.25) is 0 Å². The third kappa shape index (κ3) is 4.88. The van der Waals surface area contributed by atoms with Crippen molar-refractivity contribution in [2.24, 2.45) is 0 Å². The summed E-state index contributed by atoms with van der Waals surface area (Å²) in [5.41, 5.74) is 1.43. The molecule has 2 rings (SSSR count). The molecule has 19 heavy (non-hydrogen) atoms. The van der Waals surface area contributed by atoms with Gasteiger partial charge in [0.15, 0.2) is 0 Å². The number of nitrogens with zero attached hydrogens (tertiary/aromatic N) is 2. The lowest BCUT2D eigenvalue weighted by Crippen LogP contribution is -2.32. The van der Waals surface area contributed by atoms with Crippen LogP contribution in [0.25, 0.3) is 0 Å². The van der Waals surface area contributed by atoms with Crippen molar-refractivity contribution in [1.82, 2.24) is 10.3 Å². The lowest BCUT2D eigenvalue weighted by Gasteiger charge is -2.16. The van der Waals surface area contributed by atoms with Gasteiger partial charge in [0.2, 0.25) is 0 Å². The van der Waals surface area contributed by atoms with E-state index in [1.807, 2.05) is 12.1 Å². The van der Waals surface area contributed by atoms with Crippen molar-refractivity contribution >= 4 is 5.69 Å². The van der Waals surface area contributed by atoms with E-state index in [9.17, 15) is 0 Å². The molecule has 2 N–H and O–H groups in total. The topological polar surface area (TPSA) is 60.7 Å². The molecule has 0 aromatic carbocycles. The van der Waals surface area contributed by atoms with Crippen molar-refractivity contribution < 1.29 is 0 Å². The number of aromatic nitrogens is 1. The Balaban J connectivity index is 1.67. The van der Waals surface area contributed by atoms with Crippen molar-refractivity contribution in [3.05, 3.63) is 24.0 Å². The maximum Gasteiger partial charge on any atom is 0.142 e. The van der Waals surface area contributed by atoms with Crippen LogP contribution in [0.5, 0.6) is 0 Å². The summed E-state index contributed by atoms with van der Waals surface area (Å²) < 4.78 is 0. The molecule has 0 unspecified atom stereocenters. The van der Waals surface area contributed by atoms with Gasteiger partial charge in [0.05, 0.1) is 0 Å². The fourth-order valence-electron chi connectivity index (χ4n) is 2.57. The quantitative estimate of drug-likeness (QED) is 0.629. The maximum atomic E-state index is 8.78. The van der Waals surface area contributed by atoms with Crippen LogP contribution in [0, 0.1) is 11.3 Å². The summed E-state index contributed by atoms with van der Waals surface area (Å²) in [4.78, 5) is 3.95. The van der Waals surface area contributed by atoms with Gasteiger partial charge in [-0.15, -0.1) is 0 Å². The minimum atomic E-state index is 0.460. The van der Waals surface area contributed by atoms with Crippen LogP contribution in [0.4, 0.5) is 5.69 Å². The van der Waals surface area contributed by atoms with E-state index in [-0.39, 0.29) is 0 Å². The first kappa shape index (κ1) is 13.8. The van der Waals surface area contributed by atoms with Gasteiger partial charge >= 0.3 is 0 Å². The predicted octanol–water partition coefficient (Wildman–Crippen LogP) is 2.68. The number of hydrogen-bond donors (Lipinski definition) is 2. The highest BCUT2D eigenvalue weighted by Crippen LogP contribution is 2.16. The van der Waals surface area contributed by atoms with Gasteiger partial charge in [0.1, 0.15) is 11.8 Å². The highest BCUT2D eigenvalue weighted by molar-refractivity contribution is 5.45. The van der Waals surface area contributed by atoms with E-state index in [2.05, 4.69) is 15.6 Å². The first-order chi connectivity index (χ1) is 9.38. The molecule has 0 spiro atoms. The van der Waals surface area contributed by atoms with Crippen LogP contribution in [0.2, 0.25) is 0 Å². The molecule has 1 heterocycles. The van der Waals surface area contributed by atoms with E-state index in [0.29, 0.717) is 11.7 Å². The lowest BCUT2D eigenvalue weighted by molar-refractivity contribution is 0.468. The first-order valence-corrected chi connectivity index (χ1v) is 7.22. The molecule has 0 aliphatic heterocycles. The molecule has 1 saturated carbocycles. The molecule has 102 valence electrons. The van der Waals surface area contributed by atoms with Crippen molar-refractivity contribution in [1.29, 1.82) is 5.26 Å². The second-order valence-electron chi connectivity index (χ2n) is 5.11. The Labute approximate surface area is 115 Å². The summed E-state index contributed by atoms with van der Waals surface area (Å²) in [6, 6.07) is 6.42. The summed E-state index contributed by atoms with van der Waals surface area (Å²) in [7, 11) is 0. The van der Waals surface area contributed by atoms with Crippen LogP contribution in [0.1, 0.15) is 44.2 Å². The molecule has 0 atom stereocenters. The summed E-state index contributed by atoms with van der Waals surface area (Å²) >= 11 is 0. The molecule has 0 amide bonds. The number of hydrogen-bond acceptors (Lipinski definition) is 4. The minimum absolute atomic E-state index is 0.460. The Morgan fingerprint density at radius 1 is 1.21 bits per heavy atom. The first-order valence-electron chi connectivity index (χ1n) is 7.22. The van der Waals surface area contributed by atoms with Gasteiger partial charge in [0, 0.05) is 31.0 Å². The van der Waals surface area contributed by atoms with Gasteiger partial charge in [-0.1, -0.05) is 25.7 Å². The highest BCUT2D eigenvalue weighted by atomic mass is 15.0. The molecule has 1 fully saturated rings. The maximum absolute atomic E-state index is 8.78. The van der Waals surface area contributed by atoms with Crippen LogP contribution < -0.4 is 10.6 Å². The van der Waals surface area contributed by atoms with Crippen molar-refractivity contribution in [3.63, 3.8) is 0 Å². The average molecular weight is 258 g/mol. The summed E-state index contributed by atoms with van der Waals surface area (Å²) in [6.07, 6.45) is 9.80. The fourth-order valence-corrected chi connectivity index (χ4v) is 2.57. The molecule has 0 bridgehead atoms. The fraction of sp³-hybridized carbons (Fsp3) is 0.600. The third-order valence-corrected chi connectivity index (χ3v) is 3.62. The second kappa shape index (κ2) is 7.75. The number of pyridine rings is 1. The molecular weight excluding hydrogens is 236 g/mol. The third-order valence-electron chi connectivity index (χ3n) is 3.62. The van der Waals surface area contributed by atoms with E-state index in [4.69, 9.17) is 5.26 Å². The Kier molecular flexibility index (Phi) is 5.64. The summed E-state index contributed by atoms with van der Waals surface area (Å²) in [6.45, 7) is 1.85. The zero-order chi connectivity index (χ0) is 13.3.